The summed E-state index contributed by atoms with van der Waals surface area (Å²) in [6.07, 6.45) is 13.7. The van der Waals surface area contributed by atoms with Gasteiger partial charge in [0, 0.05) is 11.8 Å². The molecule has 0 amide bonds. The Morgan fingerprint density at radius 3 is 1.13 bits per heavy atom. The van der Waals surface area contributed by atoms with Crippen molar-refractivity contribution in [2.24, 2.45) is 0 Å². The summed E-state index contributed by atoms with van der Waals surface area (Å²) in [5.74, 6) is 1.76. The number of hydrogen-bond donors (Lipinski definition) is 0. The van der Waals surface area contributed by atoms with Crippen LogP contribution >= 0.6 is 0 Å². The largest absolute Gasteiger partial charge is 2.00 e. The molecular formula is C18H26FeO2Si2+2. The standard InChI is InChI=1S/2C9H13OSi.Fe/c2*1-11(2,3)9-6-4-5-8(9)7-10;/h2*4-7H,1-3H3;/q;;+2. The Balaban J connectivity index is 0.000000403. The van der Waals surface area contributed by atoms with Crippen LogP contribution in [0.1, 0.15) is 0 Å². The Bertz CT molecular complexity index is 338. The second-order valence-corrected chi connectivity index (χ2v) is 17.6. The van der Waals surface area contributed by atoms with Crippen LogP contribution in [0.4, 0.5) is 0 Å². The molecular weight excluding hydrogens is 360 g/mol. The van der Waals surface area contributed by atoms with Crippen LogP contribution in [0.3, 0.4) is 0 Å². The van der Waals surface area contributed by atoms with Gasteiger partial charge in [-0.2, -0.15) is 0 Å². The number of carbonyl (C=O) groups excluding carboxylic acids is 2. The van der Waals surface area contributed by atoms with Crippen molar-refractivity contribution in [3.8, 4) is 0 Å². The third-order valence-electron chi connectivity index (χ3n) is 3.57. The fourth-order valence-electron chi connectivity index (χ4n) is 2.44. The quantitative estimate of drug-likeness (QED) is 0.546. The van der Waals surface area contributed by atoms with Crippen molar-refractivity contribution in [2.75, 3.05) is 0 Å². The number of rotatable bonds is 4. The number of aldehydes is 2. The van der Waals surface area contributed by atoms with E-state index in [0.717, 1.165) is 24.4 Å². The molecule has 2 saturated carbocycles. The van der Waals surface area contributed by atoms with E-state index in [1.165, 1.54) is 11.1 Å². The van der Waals surface area contributed by atoms with Gasteiger partial charge in [-0.05, 0) is 49.6 Å². The first-order valence-corrected chi connectivity index (χ1v) is 14.5. The zero-order valence-electron chi connectivity index (χ0n) is 14.8. The topological polar surface area (TPSA) is 34.1 Å². The van der Waals surface area contributed by atoms with Gasteiger partial charge >= 0.3 is 17.1 Å². The van der Waals surface area contributed by atoms with E-state index in [1.54, 1.807) is 0 Å². The van der Waals surface area contributed by atoms with Gasteiger partial charge in [0.2, 0.25) is 0 Å². The predicted molar refractivity (Wildman–Crippen MR) is 97.6 cm³/mol. The maximum Gasteiger partial charge on any atom is 2.00 e. The summed E-state index contributed by atoms with van der Waals surface area (Å²) in [5.41, 5.74) is 2.54. The molecule has 0 bridgehead atoms. The second-order valence-electron chi connectivity index (χ2n) is 7.53. The van der Waals surface area contributed by atoms with Gasteiger partial charge < -0.3 is 9.59 Å². The molecule has 0 saturated heterocycles. The summed E-state index contributed by atoms with van der Waals surface area (Å²) in [6.45, 7) is 13.5. The molecule has 0 aliphatic heterocycles. The Hall–Kier alpha value is 0.293. The monoisotopic (exact) mass is 386 g/mol. The minimum atomic E-state index is -1.28. The molecule has 23 heavy (non-hydrogen) atoms. The molecule has 2 fully saturated rings. The smallest absolute Gasteiger partial charge is 0.303 e. The summed E-state index contributed by atoms with van der Waals surface area (Å²) in [4.78, 5) is 21.1. The molecule has 0 aromatic heterocycles. The maximum atomic E-state index is 10.6. The fourth-order valence-corrected chi connectivity index (χ4v) is 5.65. The molecule has 2 nitrogen and oxygen atoms in total. The van der Waals surface area contributed by atoms with Gasteiger partial charge in [-0.15, -0.1) is 0 Å². The van der Waals surface area contributed by atoms with Crippen LogP contribution in [-0.4, -0.2) is 28.7 Å². The van der Waals surface area contributed by atoms with E-state index in [-0.39, 0.29) is 17.1 Å². The van der Waals surface area contributed by atoms with Crippen LogP contribution in [0.15, 0.2) is 0 Å². The average Bonchev–Trinajstić information content (AvgIpc) is 3.06. The second kappa shape index (κ2) is 9.69. The first kappa shape index (κ1) is 23.3. The molecule has 0 unspecified atom stereocenters. The van der Waals surface area contributed by atoms with Crippen molar-refractivity contribution in [1.82, 2.24) is 0 Å². The van der Waals surface area contributed by atoms with Crippen LogP contribution in [0, 0.1) is 61.4 Å². The SMILES string of the molecule is C[Si](C)(C)[C]1[CH][CH][CH][C]1C=O.C[Si](C)(C)[C]1[CH][CH][CH][C]1C=O.[Fe+2]. The van der Waals surface area contributed by atoms with Gasteiger partial charge in [-0.25, -0.2) is 0 Å². The van der Waals surface area contributed by atoms with Crippen molar-refractivity contribution in [3.05, 3.63) is 61.4 Å². The molecule has 0 N–H and O–H groups in total. The molecule has 0 heterocycles. The molecule has 0 aromatic carbocycles. The summed E-state index contributed by atoms with van der Waals surface area (Å²) >= 11 is 0. The van der Waals surface area contributed by atoms with Crippen LogP contribution in [-0.2, 0) is 26.7 Å². The zero-order valence-corrected chi connectivity index (χ0v) is 17.9. The van der Waals surface area contributed by atoms with Gasteiger partial charge in [0.05, 0.1) is 16.1 Å². The van der Waals surface area contributed by atoms with Crippen LogP contribution in [0.5, 0.6) is 0 Å². The Kier molecular flexibility index (Phi) is 9.82. The molecule has 2 rings (SSSR count). The van der Waals surface area contributed by atoms with E-state index >= 15 is 0 Å². The van der Waals surface area contributed by atoms with Crippen LogP contribution in [0.2, 0.25) is 39.3 Å². The van der Waals surface area contributed by atoms with Crippen molar-refractivity contribution >= 4 is 28.7 Å². The molecule has 0 atom stereocenters. The van der Waals surface area contributed by atoms with E-state index in [1.807, 2.05) is 25.7 Å². The molecule has 2 aliphatic rings. The summed E-state index contributed by atoms with van der Waals surface area (Å²) in [6, 6.07) is 0. The molecule has 0 spiro atoms. The normalized spacial score (nSPS) is 21.5. The Labute approximate surface area is 156 Å². The minimum Gasteiger partial charge on any atom is -0.303 e. The van der Waals surface area contributed by atoms with Crippen molar-refractivity contribution in [1.29, 1.82) is 0 Å². The summed E-state index contributed by atoms with van der Waals surface area (Å²) in [5, 5.41) is 0. The maximum absolute atomic E-state index is 10.6. The first-order valence-electron chi connectivity index (χ1n) is 7.54. The third kappa shape index (κ3) is 6.97. The molecule has 124 valence electrons. The first-order chi connectivity index (χ1) is 10.1. The van der Waals surface area contributed by atoms with E-state index in [2.05, 4.69) is 52.1 Å². The van der Waals surface area contributed by atoms with E-state index in [4.69, 9.17) is 0 Å². The molecule has 5 heteroatoms. The number of carbonyl (C=O) groups is 2. The van der Waals surface area contributed by atoms with Gasteiger partial charge in [0.1, 0.15) is 12.6 Å². The van der Waals surface area contributed by atoms with E-state index < -0.39 is 16.1 Å². The Morgan fingerprint density at radius 2 is 0.957 bits per heavy atom. The summed E-state index contributed by atoms with van der Waals surface area (Å²) < 4.78 is 0. The summed E-state index contributed by atoms with van der Waals surface area (Å²) in [7, 11) is -2.56. The zero-order chi connectivity index (χ0) is 17.0. The molecule has 0 aromatic rings. The predicted octanol–water partition coefficient (Wildman–Crippen LogP) is 3.67. The van der Waals surface area contributed by atoms with E-state index in [9.17, 15) is 9.59 Å². The average molecular weight is 386 g/mol. The van der Waals surface area contributed by atoms with Crippen LogP contribution in [0.25, 0.3) is 0 Å². The van der Waals surface area contributed by atoms with Gasteiger partial charge in [-0.1, -0.05) is 39.3 Å². The van der Waals surface area contributed by atoms with Crippen LogP contribution < -0.4 is 0 Å². The van der Waals surface area contributed by atoms with Crippen molar-refractivity contribution in [3.63, 3.8) is 0 Å². The fraction of sp³-hybridized carbons (Fsp3) is 0.333. The van der Waals surface area contributed by atoms with Gasteiger partial charge in [0.25, 0.3) is 0 Å². The molecule has 10 radical (unpaired) electrons. The van der Waals surface area contributed by atoms with Crippen molar-refractivity contribution in [2.45, 2.75) is 39.3 Å². The Morgan fingerprint density at radius 1 is 0.652 bits per heavy atom. The van der Waals surface area contributed by atoms with E-state index in [0.29, 0.717) is 0 Å². The van der Waals surface area contributed by atoms with Gasteiger partial charge in [-0.3, -0.25) is 0 Å². The third-order valence-corrected chi connectivity index (χ3v) is 7.71. The number of hydrogen-bond acceptors (Lipinski definition) is 2. The van der Waals surface area contributed by atoms with Crippen molar-refractivity contribution < 1.29 is 26.7 Å². The minimum absolute atomic E-state index is 0. The van der Waals surface area contributed by atoms with Gasteiger partial charge in [0.15, 0.2) is 0 Å². The molecule has 2 aliphatic carbocycles.